The summed E-state index contributed by atoms with van der Waals surface area (Å²) in [5.41, 5.74) is 1.13. The molecule has 7 nitrogen and oxygen atoms in total. The molecule has 1 aromatic carbocycles. The number of guanidine groups is 1. The predicted molar refractivity (Wildman–Crippen MR) is 105 cm³/mol. The number of nitrogens with zero attached hydrogens (tertiary/aromatic N) is 1. The first-order valence-electron chi connectivity index (χ1n) is 9.83. The van der Waals surface area contributed by atoms with Gasteiger partial charge in [-0.3, -0.25) is 4.99 Å². The lowest BCUT2D eigenvalue weighted by atomic mass is 10.1. The molecule has 0 spiro atoms. The summed E-state index contributed by atoms with van der Waals surface area (Å²) in [4.78, 5) is 4.27. The molecule has 150 valence electrons. The van der Waals surface area contributed by atoms with Gasteiger partial charge in [-0.25, -0.2) is 0 Å². The summed E-state index contributed by atoms with van der Waals surface area (Å²) in [6.07, 6.45) is 2.98. The summed E-state index contributed by atoms with van der Waals surface area (Å²) >= 11 is 0. The molecule has 3 rings (SSSR count). The van der Waals surface area contributed by atoms with Gasteiger partial charge in [0.1, 0.15) is 0 Å². The Bertz CT molecular complexity index is 603. The molecular weight excluding hydrogens is 346 g/mol. The molecule has 2 N–H and O–H groups in total. The fourth-order valence-corrected chi connectivity index (χ4v) is 3.07. The molecule has 1 saturated heterocycles. The Hall–Kier alpha value is -1.99. The van der Waals surface area contributed by atoms with Crippen molar-refractivity contribution >= 4 is 5.96 Å². The minimum absolute atomic E-state index is 0.572. The molecule has 0 radical (unpaired) electrons. The van der Waals surface area contributed by atoms with Gasteiger partial charge < -0.3 is 29.6 Å². The number of hydrogen-bond donors (Lipinski definition) is 2. The normalized spacial score (nSPS) is 19.6. The van der Waals surface area contributed by atoms with Gasteiger partial charge in [0.25, 0.3) is 0 Å². The molecule has 2 heterocycles. The van der Waals surface area contributed by atoms with Crippen molar-refractivity contribution in [2.24, 2.45) is 10.9 Å². The number of nitrogens with one attached hydrogen (secondary N) is 2. The lowest BCUT2D eigenvalue weighted by Crippen LogP contribution is -2.37. The SMILES string of the molecule is CN=C(NCCCOCC1CCOC1)NCc1ccc2c(c1)OCCCO2. The molecule has 2 aliphatic heterocycles. The highest BCUT2D eigenvalue weighted by atomic mass is 16.5. The minimum atomic E-state index is 0.572. The zero-order chi connectivity index (χ0) is 18.7. The average Bonchev–Trinajstić information content (AvgIpc) is 3.10. The highest BCUT2D eigenvalue weighted by Crippen LogP contribution is 2.30. The molecular formula is C20H31N3O4. The van der Waals surface area contributed by atoms with E-state index in [1.165, 1.54) is 0 Å². The van der Waals surface area contributed by atoms with Crippen molar-refractivity contribution in [2.45, 2.75) is 25.8 Å². The van der Waals surface area contributed by atoms with E-state index < -0.39 is 0 Å². The number of aliphatic imine (C=N–C) groups is 1. The summed E-state index contributed by atoms with van der Waals surface area (Å²) in [7, 11) is 1.78. The summed E-state index contributed by atoms with van der Waals surface area (Å²) in [5, 5.41) is 6.65. The van der Waals surface area contributed by atoms with Gasteiger partial charge in [0.2, 0.25) is 0 Å². The average molecular weight is 377 g/mol. The van der Waals surface area contributed by atoms with Crippen LogP contribution >= 0.6 is 0 Å². The van der Waals surface area contributed by atoms with Gasteiger partial charge in [-0.1, -0.05) is 6.07 Å². The van der Waals surface area contributed by atoms with Gasteiger partial charge in [0.15, 0.2) is 17.5 Å². The second-order valence-electron chi connectivity index (χ2n) is 6.84. The van der Waals surface area contributed by atoms with Crippen LogP contribution in [0.3, 0.4) is 0 Å². The Morgan fingerprint density at radius 2 is 2.07 bits per heavy atom. The fraction of sp³-hybridized carbons (Fsp3) is 0.650. The van der Waals surface area contributed by atoms with Crippen LogP contribution in [0.25, 0.3) is 0 Å². The molecule has 0 bridgehead atoms. The summed E-state index contributed by atoms with van der Waals surface area (Å²) in [5.74, 6) is 3.00. The van der Waals surface area contributed by atoms with Gasteiger partial charge in [0, 0.05) is 45.7 Å². The van der Waals surface area contributed by atoms with E-state index in [9.17, 15) is 0 Å². The molecule has 1 atom stereocenters. The highest BCUT2D eigenvalue weighted by molar-refractivity contribution is 5.79. The van der Waals surface area contributed by atoms with Gasteiger partial charge in [-0.05, 0) is 30.5 Å². The quantitative estimate of drug-likeness (QED) is 0.410. The third-order valence-corrected chi connectivity index (χ3v) is 4.63. The number of ether oxygens (including phenoxy) is 4. The van der Waals surface area contributed by atoms with Crippen molar-refractivity contribution in [2.75, 3.05) is 53.2 Å². The predicted octanol–water partition coefficient (Wildman–Crippen LogP) is 1.96. The van der Waals surface area contributed by atoms with E-state index in [1.54, 1.807) is 7.05 Å². The van der Waals surface area contributed by atoms with Crippen LogP contribution in [0.1, 0.15) is 24.8 Å². The van der Waals surface area contributed by atoms with Crippen LogP contribution in [-0.2, 0) is 16.0 Å². The first-order valence-corrected chi connectivity index (χ1v) is 9.83. The van der Waals surface area contributed by atoms with Crippen molar-refractivity contribution in [1.29, 1.82) is 0 Å². The highest BCUT2D eigenvalue weighted by Gasteiger charge is 2.15. The van der Waals surface area contributed by atoms with Crippen LogP contribution in [0.2, 0.25) is 0 Å². The van der Waals surface area contributed by atoms with Crippen LogP contribution in [0, 0.1) is 5.92 Å². The molecule has 0 aromatic heterocycles. The molecule has 2 aliphatic rings. The topological polar surface area (TPSA) is 73.3 Å². The van der Waals surface area contributed by atoms with Gasteiger partial charge in [0.05, 0.1) is 26.4 Å². The maximum atomic E-state index is 5.74. The van der Waals surface area contributed by atoms with E-state index in [0.717, 1.165) is 75.3 Å². The third kappa shape index (κ3) is 6.59. The van der Waals surface area contributed by atoms with E-state index in [1.807, 2.05) is 18.2 Å². The van der Waals surface area contributed by atoms with Crippen LogP contribution in [-0.4, -0.2) is 59.2 Å². The van der Waals surface area contributed by atoms with Crippen molar-refractivity contribution in [3.8, 4) is 11.5 Å². The van der Waals surface area contributed by atoms with Gasteiger partial charge in [-0.15, -0.1) is 0 Å². The first-order chi connectivity index (χ1) is 13.3. The monoisotopic (exact) mass is 377 g/mol. The zero-order valence-corrected chi connectivity index (χ0v) is 16.2. The van der Waals surface area contributed by atoms with Crippen molar-refractivity contribution in [3.05, 3.63) is 23.8 Å². The molecule has 1 fully saturated rings. The second-order valence-corrected chi connectivity index (χ2v) is 6.84. The van der Waals surface area contributed by atoms with Crippen molar-refractivity contribution in [1.82, 2.24) is 10.6 Å². The molecule has 0 saturated carbocycles. The fourth-order valence-electron chi connectivity index (χ4n) is 3.07. The summed E-state index contributed by atoms with van der Waals surface area (Å²) in [6, 6.07) is 6.05. The van der Waals surface area contributed by atoms with Gasteiger partial charge in [-0.2, -0.15) is 0 Å². The van der Waals surface area contributed by atoms with Gasteiger partial charge >= 0.3 is 0 Å². The maximum Gasteiger partial charge on any atom is 0.191 e. The van der Waals surface area contributed by atoms with E-state index in [2.05, 4.69) is 15.6 Å². The minimum Gasteiger partial charge on any atom is -0.490 e. The largest absolute Gasteiger partial charge is 0.490 e. The first kappa shape index (κ1) is 19.8. The van der Waals surface area contributed by atoms with Crippen LogP contribution in [0.5, 0.6) is 11.5 Å². The lowest BCUT2D eigenvalue weighted by Gasteiger charge is -2.14. The smallest absolute Gasteiger partial charge is 0.191 e. The van der Waals surface area contributed by atoms with Crippen molar-refractivity contribution in [3.63, 3.8) is 0 Å². The van der Waals surface area contributed by atoms with Crippen LogP contribution in [0.15, 0.2) is 23.2 Å². The Kier molecular flexibility index (Phi) is 8.04. The second kappa shape index (κ2) is 11.0. The Labute approximate surface area is 161 Å². The standard InChI is InChI=1S/C20H31N3O4/c1-21-20(22-7-2-8-24-14-17-6-11-25-15-17)23-13-16-4-5-18-19(12-16)27-10-3-9-26-18/h4-5,12,17H,2-3,6-11,13-15H2,1H3,(H2,21,22,23). The molecule has 0 amide bonds. The number of benzene rings is 1. The molecule has 0 aliphatic carbocycles. The zero-order valence-electron chi connectivity index (χ0n) is 16.2. The van der Waals surface area contributed by atoms with Crippen molar-refractivity contribution < 1.29 is 18.9 Å². The van der Waals surface area contributed by atoms with Crippen LogP contribution in [0.4, 0.5) is 0 Å². The number of fused-ring (bicyclic) bond motifs is 1. The maximum absolute atomic E-state index is 5.74. The van der Waals surface area contributed by atoms with Crippen LogP contribution < -0.4 is 20.1 Å². The van der Waals surface area contributed by atoms with E-state index in [4.69, 9.17) is 18.9 Å². The number of rotatable bonds is 8. The Morgan fingerprint density at radius 1 is 1.19 bits per heavy atom. The molecule has 1 aromatic rings. The van der Waals surface area contributed by atoms with E-state index >= 15 is 0 Å². The summed E-state index contributed by atoms with van der Waals surface area (Å²) < 4.78 is 22.5. The van der Waals surface area contributed by atoms with E-state index in [-0.39, 0.29) is 0 Å². The Morgan fingerprint density at radius 3 is 2.89 bits per heavy atom. The lowest BCUT2D eigenvalue weighted by molar-refractivity contribution is 0.0888. The Balaban J connectivity index is 1.32. The molecule has 7 heteroatoms. The molecule has 27 heavy (non-hydrogen) atoms. The van der Waals surface area contributed by atoms with E-state index in [0.29, 0.717) is 25.7 Å². The molecule has 1 unspecified atom stereocenters. The third-order valence-electron chi connectivity index (χ3n) is 4.63. The summed E-state index contributed by atoms with van der Waals surface area (Å²) in [6.45, 7) is 6.17. The number of hydrogen-bond acceptors (Lipinski definition) is 5.